The summed E-state index contributed by atoms with van der Waals surface area (Å²) in [5.41, 5.74) is 4.30. The number of carbonyl (C=O) groups is 1. The minimum absolute atomic E-state index is 0.196. The van der Waals surface area contributed by atoms with Gasteiger partial charge in [0.15, 0.2) is 6.73 Å². The summed E-state index contributed by atoms with van der Waals surface area (Å²) < 4.78 is 13.2. The van der Waals surface area contributed by atoms with Crippen molar-refractivity contribution >= 4 is 23.2 Å². The number of anilines is 1. The second kappa shape index (κ2) is 10.2. The maximum Gasteiger partial charge on any atom is 0.255 e. The molecule has 0 aliphatic rings. The Morgan fingerprint density at radius 1 is 1.03 bits per heavy atom. The van der Waals surface area contributed by atoms with Crippen LogP contribution in [-0.2, 0) is 13.3 Å². The number of aromatic nitrogens is 2. The maximum absolute atomic E-state index is 12.7. The molecule has 3 aromatic carbocycles. The lowest BCUT2D eigenvalue weighted by atomic mass is 10.1. The van der Waals surface area contributed by atoms with Crippen LogP contribution >= 0.6 is 11.6 Å². The van der Waals surface area contributed by atoms with E-state index in [1.54, 1.807) is 35.3 Å². The van der Waals surface area contributed by atoms with Gasteiger partial charge in [-0.05, 0) is 61.4 Å². The second-order valence-corrected chi connectivity index (χ2v) is 8.15. The number of nitrogens with one attached hydrogen (secondary N) is 1. The number of carbonyl (C=O) groups excluding carboxylic acids is 1. The van der Waals surface area contributed by atoms with Gasteiger partial charge in [0.05, 0.1) is 18.1 Å². The van der Waals surface area contributed by atoms with Gasteiger partial charge in [0.1, 0.15) is 18.1 Å². The zero-order valence-electron chi connectivity index (χ0n) is 18.4. The van der Waals surface area contributed by atoms with E-state index in [0.717, 1.165) is 16.9 Å². The molecule has 4 rings (SSSR count). The lowest BCUT2D eigenvalue weighted by Gasteiger charge is -2.11. The van der Waals surface area contributed by atoms with Gasteiger partial charge in [0.2, 0.25) is 0 Å². The Labute approximate surface area is 197 Å². The minimum Gasteiger partial charge on any atom is -0.489 e. The van der Waals surface area contributed by atoms with E-state index >= 15 is 0 Å². The summed E-state index contributed by atoms with van der Waals surface area (Å²) in [5, 5.41) is 7.68. The molecular formula is C26H24ClN3O3. The summed E-state index contributed by atoms with van der Waals surface area (Å²) in [7, 11) is 0. The normalized spacial score (nSPS) is 10.6. The Morgan fingerprint density at radius 3 is 2.70 bits per heavy atom. The van der Waals surface area contributed by atoms with Crippen molar-refractivity contribution in [1.29, 1.82) is 0 Å². The maximum atomic E-state index is 12.7. The van der Waals surface area contributed by atoms with Crippen LogP contribution < -0.4 is 14.8 Å². The molecule has 4 aromatic rings. The number of hydrogen-bond acceptors (Lipinski definition) is 4. The topological polar surface area (TPSA) is 65.4 Å². The van der Waals surface area contributed by atoms with E-state index in [2.05, 4.69) is 23.4 Å². The van der Waals surface area contributed by atoms with Crippen molar-refractivity contribution < 1.29 is 14.3 Å². The number of ether oxygens (including phenoxy) is 2. The fourth-order valence-corrected chi connectivity index (χ4v) is 3.50. The van der Waals surface area contributed by atoms with E-state index in [1.807, 2.05) is 49.4 Å². The highest BCUT2D eigenvalue weighted by atomic mass is 35.5. The van der Waals surface area contributed by atoms with Crippen molar-refractivity contribution in [2.45, 2.75) is 27.2 Å². The molecular weight excluding hydrogens is 438 g/mol. The lowest BCUT2D eigenvalue weighted by molar-refractivity contribution is 0.102. The van der Waals surface area contributed by atoms with Crippen molar-refractivity contribution in [3.05, 3.63) is 106 Å². The van der Waals surface area contributed by atoms with Crippen molar-refractivity contribution in [2.24, 2.45) is 0 Å². The highest BCUT2D eigenvalue weighted by Gasteiger charge is 2.09. The van der Waals surface area contributed by atoms with Crippen LogP contribution in [0.15, 0.2) is 79.1 Å². The third-order valence-corrected chi connectivity index (χ3v) is 5.20. The van der Waals surface area contributed by atoms with Crippen LogP contribution in [0, 0.1) is 13.8 Å². The van der Waals surface area contributed by atoms with E-state index in [9.17, 15) is 4.79 Å². The molecule has 1 N–H and O–H groups in total. The van der Waals surface area contributed by atoms with Crippen molar-refractivity contribution in [3.63, 3.8) is 0 Å². The first-order valence-corrected chi connectivity index (χ1v) is 10.9. The number of aryl methyl sites for hydroxylation is 2. The molecule has 1 heterocycles. The molecule has 168 valence electrons. The summed E-state index contributed by atoms with van der Waals surface area (Å²) in [5.74, 6) is 1.25. The van der Waals surface area contributed by atoms with Crippen LogP contribution in [0.1, 0.15) is 27.0 Å². The largest absolute Gasteiger partial charge is 0.489 e. The van der Waals surface area contributed by atoms with Crippen LogP contribution in [0.5, 0.6) is 11.5 Å². The summed E-state index contributed by atoms with van der Waals surface area (Å²) in [6.45, 7) is 4.65. The van der Waals surface area contributed by atoms with Crippen LogP contribution in [-0.4, -0.2) is 15.7 Å². The molecule has 33 heavy (non-hydrogen) atoms. The number of hydrogen-bond donors (Lipinski definition) is 1. The van der Waals surface area contributed by atoms with Crippen LogP contribution in [0.4, 0.5) is 5.69 Å². The second-order valence-electron chi connectivity index (χ2n) is 7.71. The first-order chi connectivity index (χ1) is 16.0. The Morgan fingerprint density at radius 2 is 1.88 bits per heavy atom. The average Bonchev–Trinajstić information content (AvgIpc) is 3.24. The fourth-order valence-electron chi connectivity index (χ4n) is 3.32. The van der Waals surface area contributed by atoms with Gasteiger partial charge in [0.25, 0.3) is 5.91 Å². The Kier molecular flexibility index (Phi) is 6.95. The smallest absolute Gasteiger partial charge is 0.255 e. The van der Waals surface area contributed by atoms with Crippen molar-refractivity contribution in [1.82, 2.24) is 9.78 Å². The number of halogens is 1. The molecule has 0 radical (unpaired) electrons. The molecule has 0 spiro atoms. The number of benzene rings is 3. The van der Waals surface area contributed by atoms with Crippen LogP contribution in [0.25, 0.3) is 0 Å². The SMILES string of the molecule is Cc1ccc(OCc2cccc(C(=O)Nc3cnn(COc4cccc(Cl)c4)c3)c2)c(C)c1. The molecule has 1 aromatic heterocycles. The van der Waals surface area contributed by atoms with Crippen LogP contribution in [0.2, 0.25) is 5.02 Å². The summed E-state index contributed by atoms with van der Waals surface area (Å²) in [4.78, 5) is 12.7. The third-order valence-electron chi connectivity index (χ3n) is 4.96. The average molecular weight is 462 g/mol. The predicted octanol–water partition coefficient (Wildman–Crippen LogP) is 6.02. The number of nitrogens with zero attached hydrogens (tertiary/aromatic N) is 2. The Bertz CT molecular complexity index is 1270. The molecule has 0 saturated heterocycles. The molecule has 0 atom stereocenters. The van der Waals surface area contributed by atoms with Gasteiger partial charge in [-0.2, -0.15) is 5.10 Å². The Hall–Kier alpha value is -3.77. The van der Waals surface area contributed by atoms with E-state index < -0.39 is 0 Å². The Balaban J connectivity index is 1.34. The molecule has 0 aliphatic heterocycles. The van der Waals surface area contributed by atoms with E-state index in [-0.39, 0.29) is 12.6 Å². The lowest BCUT2D eigenvalue weighted by Crippen LogP contribution is -2.12. The van der Waals surface area contributed by atoms with Crippen molar-refractivity contribution in [3.8, 4) is 11.5 Å². The molecule has 7 heteroatoms. The zero-order valence-corrected chi connectivity index (χ0v) is 19.2. The molecule has 0 bridgehead atoms. The van der Waals surface area contributed by atoms with Gasteiger partial charge >= 0.3 is 0 Å². The van der Waals surface area contributed by atoms with Gasteiger partial charge < -0.3 is 14.8 Å². The van der Waals surface area contributed by atoms with Crippen molar-refractivity contribution in [2.75, 3.05) is 5.32 Å². The van der Waals surface area contributed by atoms with Gasteiger partial charge in [-0.25, -0.2) is 4.68 Å². The van der Waals surface area contributed by atoms with E-state index in [1.165, 1.54) is 5.56 Å². The van der Waals surface area contributed by atoms with E-state index in [4.69, 9.17) is 21.1 Å². The van der Waals surface area contributed by atoms with Gasteiger partial charge in [-0.1, -0.05) is 47.5 Å². The zero-order chi connectivity index (χ0) is 23.2. The predicted molar refractivity (Wildman–Crippen MR) is 129 cm³/mol. The minimum atomic E-state index is -0.223. The monoisotopic (exact) mass is 461 g/mol. The summed E-state index contributed by atoms with van der Waals surface area (Å²) >= 11 is 5.96. The summed E-state index contributed by atoms with van der Waals surface area (Å²) in [6.07, 6.45) is 3.28. The van der Waals surface area contributed by atoms with Crippen LogP contribution in [0.3, 0.4) is 0 Å². The molecule has 0 unspecified atom stereocenters. The third kappa shape index (κ3) is 6.14. The standard InChI is InChI=1S/C26H24ClN3O3/c1-18-9-10-25(19(2)11-18)32-16-20-5-3-6-21(12-20)26(31)29-23-14-28-30(15-23)17-33-24-8-4-7-22(27)13-24/h3-15H,16-17H2,1-2H3,(H,29,31). The van der Waals surface area contributed by atoms with Gasteiger partial charge in [-0.3, -0.25) is 4.79 Å². The van der Waals surface area contributed by atoms with Gasteiger partial charge in [0, 0.05) is 10.6 Å². The molecule has 0 aliphatic carbocycles. The van der Waals surface area contributed by atoms with E-state index in [0.29, 0.717) is 28.6 Å². The fraction of sp³-hybridized carbons (Fsp3) is 0.154. The molecule has 0 fully saturated rings. The molecule has 1 amide bonds. The first-order valence-electron chi connectivity index (χ1n) is 10.5. The number of rotatable bonds is 8. The molecule has 6 nitrogen and oxygen atoms in total. The first kappa shape index (κ1) is 22.4. The molecule has 0 saturated carbocycles. The summed E-state index contributed by atoms with van der Waals surface area (Å²) in [6, 6.07) is 20.6. The highest BCUT2D eigenvalue weighted by molar-refractivity contribution is 6.30. The van der Waals surface area contributed by atoms with Gasteiger partial charge in [-0.15, -0.1) is 0 Å². The highest BCUT2D eigenvalue weighted by Crippen LogP contribution is 2.21. The number of amides is 1. The quantitative estimate of drug-likeness (QED) is 0.348.